The van der Waals surface area contributed by atoms with Crippen LogP contribution in [0.2, 0.25) is 0 Å². The van der Waals surface area contributed by atoms with Gasteiger partial charge in [0, 0.05) is 0 Å². The number of benzene rings is 1. The van der Waals surface area contributed by atoms with Crippen molar-refractivity contribution in [2.45, 2.75) is 13.3 Å². The highest BCUT2D eigenvalue weighted by molar-refractivity contribution is 5.64. The van der Waals surface area contributed by atoms with E-state index >= 15 is 0 Å². The Labute approximate surface area is 71.1 Å². The Morgan fingerprint density at radius 2 is 2.08 bits per heavy atom. The maximum absolute atomic E-state index is 5.69. The van der Waals surface area contributed by atoms with E-state index in [-0.39, 0.29) is 6.79 Å². The molecule has 0 aliphatic carbocycles. The van der Waals surface area contributed by atoms with Crippen LogP contribution in [0.1, 0.15) is 12.5 Å². The van der Waals surface area contributed by atoms with Crippen LogP contribution in [0.3, 0.4) is 0 Å². The van der Waals surface area contributed by atoms with Gasteiger partial charge in [0.15, 0.2) is 11.5 Å². The number of fused-ring (bicyclic) bond motifs is 1. The van der Waals surface area contributed by atoms with Crippen LogP contribution < -0.4 is 15.2 Å². The van der Waals surface area contributed by atoms with Crippen LogP contribution in [0.5, 0.6) is 11.5 Å². The van der Waals surface area contributed by atoms with Gasteiger partial charge in [-0.25, -0.2) is 0 Å². The van der Waals surface area contributed by atoms with Crippen LogP contribution in [-0.4, -0.2) is 6.79 Å². The van der Waals surface area contributed by atoms with Gasteiger partial charge >= 0.3 is 0 Å². The van der Waals surface area contributed by atoms with Gasteiger partial charge in [0.1, 0.15) is 0 Å². The van der Waals surface area contributed by atoms with E-state index in [0.29, 0.717) is 11.4 Å². The van der Waals surface area contributed by atoms with E-state index in [4.69, 9.17) is 15.2 Å². The molecule has 3 nitrogen and oxygen atoms in total. The molecule has 1 aliphatic rings. The van der Waals surface area contributed by atoms with Crippen molar-refractivity contribution in [3.63, 3.8) is 0 Å². The van der Waals surface area contributed by atoms with Crippen molar-refractivity contribution in [2.75, 3.05) is 12.5 Å². The van der Waals surface area contributed by atoms with E-state index in [1.54, 1.807) is 0 Å². The predicted octanol–water partition coefficient (Wildman–Crippen LogP) is 1.56. The zero-order valence-corrected chi connectivity index (χ0v) is 6.96. The van der Waals surface area contributed by atoms with Gasteiger partial charge in [0.25, 0.3) is 0 Å². The highest BCUT2D eigenvalue weighted by Crippen LogP contribution is 2.40. The summed E-state index contributed by atoms with van der Waals surface area (Å²) in [5.74, 6) is 1.52. The maximum atomic E-state index is 5.69. The first-order valence-corrected chi connectivity index (χ1v) is 4.00. The number of anilines is 1. The average Bonchev–Trinajstić information content (AvgIpc) is 2.54. The smallest absolute Gasteiger partial charge is 0.231 e. The summed E-state index contributed by atoms with van der Waals surface area (Å²) in [5, 5.41) is 0. The van der Waals surface area contributed by atoms with Crippen molar-refractivity contribution in [2.24, 2.45) is 0 Å². The topological polar surface area (TPSA) is 44.5 Å². The molecule has 0 saturated heterocycles. The van der Waals surface area contributed by atoms with Crippen molar-refractivity contribution in [1.82, 2.24) is 0 Å². The van der Waals surface area contributed by atoms with E-state index in [1.165, 1.54) is 0 Å². The Bertz CT molecular complexity index is 310. The third-order valence-corrected chi connectivity index (χ3v) is 2.01. The van der Waals surface area contributed by atoms with E-state index < -0.39 is 0 Å². The number of rotatable bonds is 1. The summed E-state index contributed by atoms with van der Waals surface area (Å²) in [5.41, 5.74) is 7.49. The van der Waals surface area contributed by atoms with Crippen LogP contribution in [-0.2, 0) is 6.42 Å². The molecule has 0 aromatic heterocycles. The maximum Gasteiger partial charge on any atom is 0.231 e. The minimum Gasteiger partial charge on any atom is -0.453 e. The molecule has 2 rings (SSSR count). The second-order valence-electron chi connectivity index (χ2n) is 2.73. The van der Waals surface area contributed by atoms with Gasteiger partial charge in [0.2, 0.25) is 6.79 Å². The number of hydrogen-bond donors (Lipinski definition) is 1. The van der Waals surface area contributed by atoms with Crippen LogP contribution >= 0.6 is 0 Å². The van der Waals surface area contributed by atoms with Gasteiger partial charge in [-0.2, -0.15) is 0 Å². The molecular formula is C9H11NO2. The molecule has 64 valence electrons. The van der Waals surface area contributed by atoms with Gasteiger partial charge in [-0.3, -0.25) is 0 Å². The van der Waals surface area contributed by atoms with Crippen molar-refractivity contribution in [1.29, 1.82) is 0 Å². The highest BCUT2D eigenvalue weighted by atomic mass is 16.7. The number of aryl methyl sites for hydroxylation is 1. The summed E-state index contributed by atoms with van der Waals surface area (Å²) in [6, 6.07) is 3.83. The van der Waals surface area contributed by atoms with Crippen LogP contribution in [0.4, 0.5) is 5.69 Å². The lowest BCUT2D eigenvalue weighted by molar-refractivity contribution is 0.173. The SMILES string of the molecule is CCc1ccc(N)c2c1OCO2. The molecule has 0 fully saturated rings. The molecule has 1 aromatic carbocycles. The lowest BCUT2D eigenvalue weighted by Crippen LogP contribution is -1.94. The molecule has 0 radical (unpaired) electrons. The molecule has 1 heterocycles. The summed E-state index contributed by atoms with van der Waals surface area (Å²) < 4.78 is 10.5. The van der Waals surface area contributed by atoms with E-state index in [2.05, 4.69) is 6.92 Å². The normalized spacial score (nSPS) is 13.4. The van der Waals surface area contributed by atoms with Crippen LogP contribution in [0.25, 0.3) is 0 Å². The molecule has 1 aromatic rings. The monoisotopic (exact) mass is 165 g/mol. The van der Waals surface area contributed by atoms with Gasteiger partial charge in [-0.15, -0.1) is 0 Å². The summed E-state index contributed by atoms with van der Waals surface area (Å²) in [6.07, 6.45) is 0.936. The Hall–Kier alpha value is -1.38. The first-order chi connectivity index (χ1) is 5.83. The average molecular weight is 165 g/mol. The van der Waals surface area contributed by atoms with Gasteiger partial charge in [-0.05, 0) is 18.1 Å². The zero-order chi connectivity index (χ0) is 8.55. The summed E-state index contributed by atoms with van der Waals surface area (Å²) in [7, 11) is 0. The minimum absolute atomic E-state index is 0.288. The Morgan fingerprint density at radius 1 is 1.33 bits per heavy atom. The second kappa shape index (κ2) is 2.59. The van der Waals surface area contributed by atoms with Crippen LogP contribution in [0, 0.1) is 0 Å². The third kappa shape index (κ3) is 0.897. The Balaban J connectivity index is 2.57. The molecule has 12 heavy (non-hydrogen) atoms. The van der Waals surface area contributed by atoms with Crippen molar-refractivity contribution in [3.05, 3.63) is 17.7 Å². The van der Waals surface area contributed by atoms with Crippen molar-refractivity contribution >= 4 is 5.69 Å². The predicted molar refractivity (Wildman–Crippen MR) is 46.4 cm³/mol. The third-order valence-electron chi connectivity index (χ3n) is 2.01. The molecule has 0 unspecified atom stereocenters. The summed E-state index contributed by atoms with van der Waals surface area (Å²) in [4.78, 5) is 0. The molecule has 3 heteroatoms. The molecular weight excluding hydrogens is 154 g/mol. The van der Waals surface area contributed by atoms with E-state index in [1.807, 2.05) is 12.1 Å². The molecule has 2 N–H and O–H groups in total. The van der Waals surface area contributed by atoms with Gasteiger partial charge in [0.05, 0.1) is 5.69 Å². The summed E-state index contributed by atoms with van der Waals surface area (Å²) in [6.45, 7) is 2.37. The highest BCUT2D eigenvalue weighted by Gasteiger charge is 2.19. The van der Waals surface area contributed by atoms with Crippen molar-refractivity contribution < 1.29 is 9.47 Å². The second-order valence-corrected chi connectivity index (χ2v) is 2.73. The molecule has 0 spiro atoms. The summed E-state index contributed by atoms with van der Waals surface area (Å²) >= 11 is 0. The first-order valence-electron chi connectivity index (χ1n) is 4.00. The number of ether oxygens (including phenoxy) is 2. The van der Waals surface area contributed by atoms with Crippen molar-refractivity contribution in [3.8, 4) is 11.5 Å². The fourth-order valence-corrected chi connectivity index (χ4v) is 1.35. The Kier molecular flexibility index (Phi) is 1.57. The first kappa shape index (κ1) is 7.28. The molecule has 0 atom stereocenters. The minimum atomic E-state index is 0.288. The fourth-order valence-electron chi connectivity index (χ4n) is 1.35. The molecule has 0 bridgehead atoms. The Morgan fingerprint density at radius 3 is 2.83 bits per heavy atom. The number of nitrogen functional groups attached to an aromatic ring is 1. The molecule has 0 saturated carbocycles. The lowest BCUT2D eigenvalue weighted by atomic mass is 10.1. The number of nitrogens with two attached hydrogens (primary N) is 1. The molecule has 1 aliphatic heterocycles. The van der Waals surface area contributed by atoms with Gasteiger partial charge in [-0.1, -0.05) is 13.0 Å². The quantitative estimate of drug-likeness (QED) is 0.642. The molecule has 0 amide bonds. The lowest BCUT2D eigenvalue weighted by Gasteiger charge is -2.04. The van der Waals surface area contributed by atoms with E-state index in [0.717, 1.165) is 17.7 Å². The van der Waals surface area contributed by atoms with Gasteiger partial charge < -0.3 is 15.2 Å². The largest absolute Gasteiger partial charge is 0.453 e. The standard InChI is InChI=1S/C9H11NO2/c1-2-6-3-4-7(10)9-8(6)11-5-12-9/h3-4H,2,5,10H2,1H3. The van der Waals surface area contributed by atoms with Crippen LogP contribution in [0.15, 0.2) is 12.1 Å². The number of hydrogen-bond acceptors (Lipinski definition) is 3. The zero-order valence-electron chi connectivity index (χ0n) is 6.96. The fraction of sp³-hybridized carbons (Fsp3) is 0.333. The van der Waals surface area contributed by atoms with E-state index in [9.17, 15) is 0 Å².